The lowest BCUT2D eigenvalue weighted by atomic mass is 9.68. The van der Waals surface area contributed by atoms with Crippen LogP contribution in [0.3, 0.4) is 0 Å². The number of amides is 1. The highest BCUT2D eigenvalue weighted by atomic mass is 19.4. The number of rotatable bonds is 6. The van der Waals surface area contributed by atoms with Crippen LogP contribution < -0.4 is 4.74 Å². The van der Waals surface area contributed by atoms with E-state index < -0.39 is 23.1 Å². The van der Waals surface area contributed by atoms with Gasteiger partial charge in [-0.05, 0) is 59.7 Å². The fourth-order valence-corrected chi connectivity index (χ4v) is 6.15. The highest BCUT2D eigenvalue weighted by Gasteiger charge is 2.48. The highest BCUT2D eigenvalue weighted by molar-refractivity contribution is 5.91. The molecule has 4 aromatic rings. The lowest BCUT2D eigenvalue weighted by Crippen LogP contribution is -2.48. The van der Waals surface area contributed by atoms with Gasteiger partial charge in [0, 0.05) is 24.6 Å². The summed E-state index contributed by atoms with van der Waals surface area (Å²) in [4.78, 5) is 16.0. The fraction of sp³-hybridized carbons (Fsp3) is 0.294. The number of hydrogen-bond donors (Lipinski definition) is 0. The van der Waals surface area contributed by atoms with Crippen molar-refractivity contribution < 1.29 is 22.7 Å². The number of carbonyl (C=O) groups is 1. The fourth-order valence-electron chi connectivity index (χ4n) is 6.15. The number of piperidine rings is 1. The number of ether oxygens (including phenoxy) is 1. The molecule has 1 heterocycles. The molecule has 7 heteroatoms. The molecule has 0 radical (unpaired) electrons. The number of likely N-dealkylation sites (tertiary alicyclic amines) is 1. The normalized spacial score (nSPS) is 16.5. The van der Waals surface area contributed by atoms with E-state index in [1.807, 2.05) is 66.7 Å². The third-order valence-electron chi connectivity index (χ3n) is 8.31. The summed E-state index contributed by atoms with van der Waals surface area (Å²) in [5, 5.41) is 12.7. The topological polar surface area (TPSA) is 53.3 Å². The van der Waals surface area contributed by atoms with Crippen molar-refractivity contribution in [3.05, 3.63) is 113 Å². The molecule has 4 aromatic carbocycles. The Kier molecular flexibility index (Phi) is 7.77. The van der Waals surface area contributed by atoms with E-state index in [4.69, 9.17) is 4.74 Å². The predicted molar refractivity (Wildman–Crippen MR) is 153 cm³/mol. The van der Waals surface area contributed by atoms with Crippen molar-refractivity contribution in [1.82, 2.24) is 4.90 Å². The molecule has 1 aliphatic rings. The van der Waals surface area contributed by atoms with Crippen molar-refractivity contribution in [3.63, 3.8) is 0 Å². The van der Waals surface area contributed by atoms with Gasteiger partial charge in [-0.3, -0.25) is 4.79 Å². The summed E-state index contributed by atoms with van der Waals surface area (Å²) < 4.78 is 45.6. The Morgan fingerprint density at radius 3 is 2.27 bits per heavy atom. The Balaban J connectivity index is 1.50. The summed E-state index contributed by atoms with van der Waals surface area (Å²) in [6, 6.07) is 29.1. The molecule has 0 aliphatic carbocycles. The first-order valence-corrected chi connectivity index (χ1v) is 13.7. The zero-order valence-electron chi connectivity index (χ0n) is 23.0. The molecule has 0 aromatic heterocycles. The maximum Gasteiger partial charge on any atom is 0.416 e. The van der Waals surface area contributed by atoms with E-state index in [2.05, 4.69) is 6.07 Å². The first kappa shape index (κ1) is 28.2. The third kappa shape index (κ3) is 5.39. The first-order valence-electron chi connectivity index (χ1n) is 13.7. The second kappa shape index (κ2) is 11.3. The SMILES string of the molecule is COc1ccccc1[C@@H](c1cccc2ccccc12)[C@](C)(C#N)C(=O)N1CCC(c2cccc(C(F)(F)F)c2)CC1. The van der Waals surface area contributed by atoms with Gasteiger partial charge in [-0.15, -0.1) is 0 Å². The van der Waals surface area contributed by atoms with E-state index in [1.165, 1.54) is 12.1 Å². The molecule has 4 nitrogen and oxygen atoms in total. The minimum Gasteiger partial charge on any atom is -0.496 e. The molecule has 0 saturated carbocycles. The lowest BCUT2D eigenvalue weighted by Gasteiger charge is -2.40. The number of fused-ring (bicyclic) bond motifs is 1. The Hall–Kier alpha value is -4.31. The highest BCUT2D eigenvalue weighted by Crippen LogP contribution is 2.48. The van der Waals surface area contributed by atoms with Crippen LogP contribution in [0.4, 0.5) is 13.2 Å². The molecule has 2 atom stereocenters. The first-order chi connectivity index (χ1) is 19.7. The molecule has 210 valence electrons. The second-order valence-electron chi connectivity index (χ2n) is 10.7. The van der Waals surface area contributed by atoms with Gasteiger partial charge < -0.3 is 9.64 Å². The average molecular weight is 557 g/mol. The van der Waals surface area contributed by atoms with Gasteiger partial charge in [0.2, 0.25) is 5.91 Å². The van der Waals surface area contributed by atoms with Crippen LogP contribution >= 0.6 is 0 Å². The maximum atomic E-state index is 14.3. The van der Waals surface area contributed by atoms with Gasteiger partial charge in [-0.25, -0.2) is 0 Å². The van der Waals surface area contributed by atoms with Crippen LogP contribution in [0.1, 0.15) is 53.9 Å². The molecule has 5 rings (SSSR count). The van der Waals surface area contributed by atoms with Crippen LogP contribution in [-0.2, 0) is 11.0 Å². The van der Waals surface area contributed by atoms with Crippen LogP contribution in [0.2, 0.25) is 0 Å². The standard InChI is InChI=1S/C34H31F3N2O2/c1-33(22-38,32(40)39-19-17-23(18-20-39)25-11-7-12-26(21-25)34(35,36)37)31(29-14-5-6-16-30(29)41-2)28-15-8-10-24-9-3-4-13-27(24)28/h3-16,21,23,31H,17-20H2,1-2H3/t31-,33+/m1/s1. The van der Waals surface area contributed by atoms with E-state index in [0.29, 0.717) is 37.2 Å². The Labute approximate surface area is 238 Å². The van der Waals surface area contributed by atoms with Crippen LogP contribution in [0.5, 0.6) is 5.75 Å². The minimum atomic E-state index is -4.41. The van der Waals surface area contributed by atoms with E-state index in [-0.39, 0.29) is 11.8 Å². The molecule has 41 heavy (non-hydrogen) atoms. The molecule has 1 fully saturated rings. The summed E-state index contributed by atoms with van der Waals surface area (Å²) in [5.74, 6) is -0.449. The van der Waals surface area contributed by atoms with Crippen molar-refractivity contribution in [1.29, 1.82) is 5.26 Å². The molecule has 0 unspecified atom stereocenters. The van der Waals surface area contributed by atoms with Gasteiger partial charge in [-0.1, -0.05) is 78.9 Å². The van der Waals surface area contributed by atoms with Crippen molar-refractivity contribution in [3.8, 4) is 11.8 Å². The molecule has 0 N–H and O–H groups in total. The minimum absolute atomic E-state index is 0.0993. The Morgan fingerprint density at radius 2 is 1.56 bits per heavy atom. The van der Waals surface area contributed by atoms with Crippen LogP contribution in [0, 0.1) is 16.7 Å². The van der Waals surface area contributed by atoms with Crippen molar-refractivity contribution in [2.24, 2.45) is 5.41 Å². The number of benzene rings is 4. The quantitative estimate of drug-likeness (QED) is 0.242. The zero-order valence-corrected chi connectivity index (χ0v) is 23.0. The van der Waals surface area contributed by atoms with E-state index in [1.54, 1.807) is 25.0 Å². The summed E-state index contributed by atoms with van der Waals surface area (Å²) >= 11 is 0. The summed E-state index contributed by atoms with van der Waals surface area (Å²) in [7, 11) is 1.57. The van der Waals surface area contributed by atoms with Crippen molar-refractivity contribution in [2.45, 2.75) is 37.8 Å². The van der Waals surface area contributed by atoms with Gasteiger partial charge in [0.05, 0.1) is 18.7 Å². The second-order valence-corrected chi connectivity index (χ2v) is 10.7. The number of methoxy groups -OCH3 is 1. The number of alkyl halides is 3. The van der Waals surface area contributed by atoms with E-state index >= 15 is 0 Å². The van der Waals surface area contributed by atoms with Gasteiger partial charge in [-0.2, -0.15) is 18.4 Å². The Morgan fingerprint density at radius 1 is 0.927 bits per heavy atom. The molecule has 1 saturated heterocycles. The van der Waals surface area contributed by atoms with Crippen LogP contribution in [-0.4, -0.2) is 31.0 Å². The lowest BCUT2D eigenvalue weighted by molar-refractivity contribution is -0.140. The maximum absolute atomic E-state index is 14.3. The number of para-hydroxylation sites is 1. The monoisotopic (exact) mass is 556 g/mol. The third-order valence-corrected chi connectivity index (χ3v) is 8.31. The van der Waals surface area contributed by atoms with Crippen molar-refractivity contribution in [2.75, 3.05) is 20.2 Å². The molecular weight excluding hydrogens is 525 g/mol. The van der Waals surface area contributed by atoms with Crippen LogP contribution in [0.15, 0.2) is 91.0 Å². The smallest absolute Gasteiger partial charge is 0.416 e. The number of nitriles is 1. The molecule has 1 amide bonds. The average Bonchev–Trinajstić information content (AvgIpc) is 3.00. The summed E-state index contributed by atoms with van der Waals surface area (Å²) in [6.45, 7) is 2.39. The summed E-state index contributed by atoms with van der Waals surface area (Å²) in [5.41, 5.74) is 0.0614. The van der Waals surface area contributed by atoms with Gasteiger partial charge >= 0.3 is 6.18 Å². The number of nitrogens with zero attached hydrogens (tertiary/aromatic N) is 2. The van der Waals surface area contributed by atoms with Gasteiger partial charge in [0.15, 0.2) is 0 Å². The van der Waals surface area contributed by atoms with Gasteiger partial charge in [0.25, 0.3) is 0 Å². The number of carbonyl (C=O) groups excluding carboxylic acids is 1. The largest absolute Gasteiger partial charge is 0.496 e. The summed E-state index contributed by atoms with van der Waals surface area (Å²) in [6.07, 6.45) is -3.37. The Bertz CT molecular complexity index is 1600. The molecule has 0 bridgehead atoms. The molecular formula is C34H31F3N2O2. The van der Waals surface area contributed by atoms with Crippen LogP contribution in [0.25, 0.3) is 10.8 Å². The predicted octanol–water partition coefficient (Wildman–Crippen LogP) is 7.94. The van der Waals surface area contributed by atoms with Gasteiger partial charge in [0.1, 0.15) is 11.2 Å². The number of halogens is 3. The van der Waals surface area contributed by atoms with E-state index in [9.17, 15) is 23.2 Å². The zero-order chi connectivity index (χ0) is 29.2. The molecule has 0 spiro atoms. The number of hydrogen-bond acceptors (Lipinski definition) is 3. The van der Waals surface area contributed by atoms with E-state index in [0.717, 1.165) is 28.0 Å². The van der Waals surface area contributed by atoms with Crippen molar-refractivity contribution >= 4 is 16.7 Å². The molecule has 1 aliphatic heterocycles.